The molecule has 5 fully saturated rings. The van der Waals surface area contributed by atoms with Gasteiger partial charge in [-0.05, 0) is 187 Å². The van der Waals surface area contributed by atoms with E-state index in [1.54, 1.807) is 197 Å². The van der Waals surface area contributed by atoms with Crippen LogP contribution in [-0.2, 0) is 35.1 Å². The van der Waals surface area contributed by atoms with E-state index in [0.717, 1.165) is 11.3 Å². The van der Waals surface area contributed by atoms with E-state index < -0.39 is 151 Å². The molecule has 0 radical (unpaired) electrons. The third kappa shape index (κ3) is 32.7. The van der Waals surface area contributed by atoms with Crippen LogP contribution < -0.4 is 58.3 Å². The molecule has 774 valence electrons. The van der Waals surface area contributed by atoms with Gasteiger partial charge in [-0.25, -0.2) is 36.7 Å². The van der Waals surface area contributed by atoms with Crippen LogP contribution in [0.15, 0.2) is 208 Å². The molecule has 0 saturated heterocycles. The highest BCUT2D eigenvalue weighted by molar-refractivity contribution is 6.01. The van der Waals surface area contributed by atoms with Gasteiger partial charge in [0.25, 0.3) is 41.4 Å². The first-order chi connectivity index (χ1) is 68.2. The summed E-state index contributed by atoms with van der Waals surface area (Å²) in [6.45, 7) is 21.4. The van der Waals surface area contributed by atoms with Gasteiger partial charge in [-0.3, -0.25) is 28.8 Å². The number of nitrogens with zero attached hydrogens (tertiary/aromatic N) is 15. The van der Waals surface area contributed by atoms with Gasteiger partial charge in [-0.2, -0.15) is 75.0 Å². The predicted molar refractivity (Wildman–Crippen MR) is 520 cm³/mol. The SMILES string of the molecule is CC(C)(C)OC(=O)NC1CC(=O)CC1NC(=O)c1ccccc1-n1nccn1.CC(C)(C)OC(=O)NC1CC(F)(F)CC1NC(=O)c1ccccc1-n1nccn1.CC(C)(C)OC(=O)NC1CC(O)CC1NC(=O)c1ccccc1-n1nccn1.COc1ccc(COC2CC(NC(=O)OC(C)(C)C)C(NC(=O)c3ccccc3-n3nccn3)C2)cc1.Cl.NC1CC(F)(F)CC1NC(=O)c1ccccc1-n1nccn1. The summed E-state index contributed by atoms with van der Waals surface area (Å²) in [6, 6.07) is 35.8. The van der Waals surface area contributed by atoms with Crippen molar-refractivity contribution in [2.75, 3.05) is 7.11 Å². The van der Waals surface area contributed by atoms with Gasteiger partial charge in [0, 0.05) is 44.6 Å². The second kappa shape index (κ2) is 48.7. The highest BCUT2D eigenvalue weighted by atomic mass is 35.5. The van der Waals surface area contributed by atoms with Crippen LogP contribution in [0.3, 0.4) is 0 Å². The number of aromatic nitrogens is 15. The van der Waals surface area contributed by atoms with E-state index in [4.69, 9.17) is 34.2 Å². The van der Waals surface area contributed by atoms with Gasteiger partial charge < -0.3 is 87.1 Å². The second-order valence-electron chi connectivity index (χ2n) is 38.6. The number of methoxy groups -OCH3 is 1. The van der Waals surface area contributed by atoms with Crippen LogP contribution in [0.5, 0.6) is 5.75 Å². The van der Waals surface area contributed by atoms with Crippen LogP contribution in [-0.4, -0.2) is 254 Å². The van der Waals surface area contributed by atoms with Gasteiger partial charge in [0.05, 0.1) is 199 Å². The maximum atomic E-state index is 14.0. The van der Waals surface area contributed by atoms with Gasteiger partial charge in [0.2, 0.25) is 0 Å². The Bertz CT molecular complexity index is 6170. The minimum Gasteiger partial charge on any atom is -0.497 e. The monoisotopic (exact) mass is 2030 g/mol. The number of nitrogens with two attached hydrogens (primary N) is 1. The van der Waals surface area contributed by atoms with E-state index in [9.17, 15) is 70.6 Å². The lowest BCUT2D eigenvalue weighted by atomic mass is 10.1. The van der Waals surface area contributed by atoms with Crippen molar-refractivity contribution in [3.8, 4) is 34.2 Å². The van der Waals surface area contributed by atoms with E-state index in [1.807, 2.05) is 51.1 Å². The number of alkyl carbamates (subject to hydrolysis) is 4. The number of aliphatic hydroxyl groups excluding tert-OH is 1. The lowest BCUT2D eigenvalue weighted by Gasteiger charge is -2.25. The van der Waals surface area contributed by atoms with Crippen molar-refractivity contribution in [3.05, 3.63) is 241 Å². The third-order valence-corrected chi connectivity index (χ3v) is 22.5. The molecule has 0 aliphatic heterocycles. The number of carbonyl (C=O) groups is 10. The normalized spacial score (nSPS) is 20.6. The molecule has 12 atom stereocenters. The molecule has 6 aromatic carbocycles. The van der Waals surface area contributed by atoms with Gasteiger partial charge in [-0.15, -0.1) is 12.4 Å². The summed E-state index contributed by atoms with van der Waals surface area (Å²) in [5.41, 5.74) is 8.26. The Kier molecular flexibility index (Phi) is 37.0. The molecule has 12 N–H and O–H groups in total. The number of hydrogen-bond acceptors (Lipinski definition) is 28. The number of amides is 9. The maximum Gasteiger partial charge on any atom is 0.407 e. The number of alkyl halides is 4. The molecule has 0 spiro atoms. The molecular weight excluding hydrogens is 1910 g/mol. The van der Waals surface area contributed by atoms with Crippen molar-refractivity contribution in [2.45, 2.75) is 261 Å². The van der Waals surface area contributed by atoms with E-state index in [0.29, 0.717) is 83.0 Å². The van der Waals surface area contributed by atoms with E-state index >= 15 is 0 Å². The van der Waals surface area contributed by atoms with Crippen molar-refractivity contribution in [1.29, 1.82) is 0 Å². The summed E-state index contributed by atoms with van der Waals surface area (Å²) in [7, 11) is 1.63. The fourth-order valence-corrected chi connectivity index (χ4v) is 16.4. The Morgan fingerprint density at radius 1 is 0.352 bits per heavy atom. The number of ketones is 1. The zero-order valence-corrected chi connectivity index (χ0v) is 82.8. The lowest BCUT2D eigenvalue weighted by molar-refractivity contribution is -0.117. The van der Waals surface area contributed by atoms with Gasteiger partial charge in [0.15, 0.2) is 0 Å². The Hall–Kier alpha value is -15.2. The first-order valence-electron chi connectivity index (χ1n) is 46.4. The second-order valence-corrected chi connectivity index (χ2v) is 38.6. The number of para-hydroxylation sites is 5. The van der Waals surface area contributed by atoms with E-state index in [2.05, 4.69) is 98.8 Å². The minimum atomic E-state index is -3.01. The zero-order chi connectivity index (χ0) is 104. The van der Waals surface area contributed by atoms with Gasteiger partial charge in [-0.1, -0.05) is 72.8 Å². The fourth-order valence-electron chi connectivity index (χ4n) is 16.4. The zero-order valence-electron chi connectivity index (χ0n) is 82.0. The number of halogens is 5. The number of hydrogen-bond donors (Lipinski definition) is 11. The Morgan fingerprint density at radius 3 is 0.897 bits per heavy atom. The lowest BCUT2D eigenvalue weighted by Crippen LogP contribution is -2.49. The molecule has 5 aliphatic rings. The van der Waals surface area contributed by atoms with E-state index in [1.165, 1.54) is 73.6 Å². The quantitative estimate of drug-likeness (QED) is 0.0209. The topological polar surface area (TPSA) is 534 Å². The molecule has 16 rings (SSSR count). The molecule has 145 heavy (non-hydrogen) atoms. The summed E-state index contributed by atoms with van der Waals surface area (Å²) < 4.78 is 87.2. The summed E-state index contributed by atoms with van der Waals surface area (Å²) in [6.07, 6.45) is 11.8. The molecule has 5 aromatic heterocycles. The highest BCUT2D eigenvalue weighted by Gasteiger charge is 2.50. The highest BCUT2D eigenvalue weighted by Crippen LogP contribution is 2.38. The van der Waals surface area contributed by atoms with Gasteiger partial charge >= 0.3 is 24.4 Å². The first-order valence-corrected chi connectivity index (χ1v) is 46.4. The summed E-state index contributed by atoms with van der Waals surface area (Å²) in [4.78, 5) is 132. The summed E-state index contributed by atoms with van der Waals surface area (Å²) in [5, 5.41) is 75.4. The number of rotatable bonds is 23. The molecular formula is C98H120ClF4N25O17. The fraction of sp³-hybridized carbons (Fsp3) is 0.429. The molecule has 47 heteroatoms. The standard InChI is InChI=1S/C27H33N5O5.C19H23F2N5O3.C19H25N5O4.C19H23N5O4.C14H15F2N5O.ClH/c1-27(2,3)37-26(34)31-23-16-20(36-17-18-9-11-19(35-4)12-10-18)15-22(23)30-25(33)21-7-5-6-8-24(21)32-28-13-14-29-32;1-18(2,3)29-17(28)25-14-11-19(20,21)10-13(14)24-16(27)12-6-4-5-7-15(12)26-22-8-9-23-26;2*1-19(2,3)28-18(27)23-15-11-12(25)10-14(15)22-17(26)13-6-4-5-7-16(13)24-20-8-9-21-24;15-14(16)7-10(17)11(8-14)20-13(22)9-3-1-2-4-12(9)21-18-5-6-19-21;/h5-14,20,22-23H,15-17H2,1-4H3,(H,30,33)(H,31,34);4-9,13-14H,10-11H2,1-3H3,(H,24,27)(H,25,28);4-9,12,14-15,25H,10-11H2,1-3H3,(H,22,26)(H,23,27);4-9,14-15H,10-11H2,1-3H3,(H,22,26)(H,23,27);1-6,10-11H,7-8,17H2,(H,20,22);1H. The molecule has 5 aliphatic carbocycles. The minimum absolute atomic E-state index is 0. The number of benzene rings is 6. The maximum absolute atomic E-state index is 14.0. The molecule has 12 unspecified atom stereocenters. The number of ether oxygens (including phenoxy) is 6. The van der Waals surface area contributed by atoms with Crippen molar-refractivity contribution >= 4 is 72.1 Å². The number of Topliss-reactive ketones (excluding diaryl/α,β-unsaturated/α-hetero) is 1. The van der Waals surface area contributed by atoms with Crippen LogP contribution in [0, 0.1) is 0 Å². The Labute approximate surface area is 838 Å². The number of aliphatic hydroxyl groups is 1. The van der Waals surface area contributed by atoms with Crippen LogP contribution >= 0.6 is 12.4 Å². The first kappa shape index (κ1) is 110. The molecule has 0 bridgehead atoms. The summed E-state index contributed by atoms with van der Waals surface area (Å²) >= 11 is 0. The number of carbonyl (C=O) groups excluding carboxylic acids is 10. The average molecular weight is 2030 g/mol. The molecule has 11 aromatic rings. The molecule has 42 nitrogen and oxygen atoms in total. The molecule has 5 heterocycles. The summed E-state index contributed by atoms with van der Waals surface area (Å²) in [5.74, 6) is -7.12. The smallest absolute Gasteiger partial charge is 0.407 e. The predicted octanol–water partition coefficient (Wildman–Crippen LogP) is 10.9. The Balaban J connectivity index is 0.000000174. The van der Waals surface area contributed by atoms with Crippen LogP contribution in [0.4, 0.5) is 36.7 Å². The van der Waals surface area contributed by atoms with Crippen LogP contribution in [0.1, 0.15) is 205 Å². The van der Waals surface area contributed by atoms with Crippen molar-refractivity contribution in [2.24, 2.45) is 5.73 Å². The molecule has 5 saturated carbocycles. The largest absolute Gasteiger partial charge is 0.497 e. The van der Waals surface area contributed by atoms with Crippen molar-refractivity contribution in [3.63, 3.8) is 0 Å². The average Bonchev–Trinajstić information content (AvgIpc) is 1.69. The Morgan fingerprint density at radius 2 is 0.593 bits per heavy atom. The van der Waals surface area contributed by atoms with E-state index in [-0.39, 0.29) is 72.5 Å². The number of nitrogens with one attached hydrogen (secondary N) is 9. The van der Waals surface area contributed by atoms with Crippen molar-refractivity contribution in [1.82, 2.24) is 123 Å². The molecule has 9 amide bonds. The van der Waals surface area contributed by atoms with Crippen LogP contribution in [0.25, 0.3) is 28.4 Å². The van der Waals surface area contributed by atoms with Crippen LogP contribution in [0.2, 0.25) is 0 Å². The van der Waals surface area contributed by atoms with Gasteiger partial charge in [0.1, 0.15) is 33.9 Å². The van der Waals surface area contributed by atoms with Crippen molar-refractivity contribution < 1.29 is 99.0 Å². The third-order valence-electron chi connectivity index (χ3n) is 22.5.